The highest BCUT2D eigenvalue weighted by molar-refractivity contribution is 7.12. The second-order valence-electron chi connectivity index (χ2n) is 7.75. The largest absolute Gasteiger partial charge is 0.497 e. The van der Waals surface area contributed by atoms with Crippen LogP contribution in [0.5, 0.6) is 5.75 Å². The quantitative estimate of drug-likeness (QED) is 0.608. The van der Waals surface area contributed by atoms with E-state index < -0.39 is 0 Å². The van der Waals surface area contributed by atoms with E-state index in [0.717, 1.165) is 31.8 Å². The molecule has 6 nitrogen and oxygen atoms in total. The number of anilines is 1. The van der Waals surface area contributed by atoms with Gasteiger partial charge in [0.2, 0.25) is 0 Å². The van der Waals surface area contributed by atoms with Crippen LogP contribution in [-0.4, -0.2) is 54.9 Å². The molecular formula is C25H27N3O3S. The first-order valence-corrected chi connectivity index (χ1v) is 11.6. The van der Waals surface area contributed by atoms with E-state index in [2.05, 4.69) is 22.3 Å². The van der Waals surface area contributed by atoms with Gasteiger partial charge in [0.25, 0.3) is 11.8 Å². The number of ether oxygens (including phenoxy) is 1. The minimum Gasteiger partial charge on any atom is -0.497 e. The van der Waals surface area contributed by atoms with E-state index in [1.165, 1.54) is 16.9 Å². The van der Waals surface area contributed by atoms with E-state index in [1.54, 1.807) is 25.3 Å². The smallest absolute Gasteiger partial charge is 0.265 e. The zero-order valence-electron chi connectivity index (χ0n) is 18.1. The molecule has 0 radical (unpaired) electrons. The molecule has 0 saturated carbocycles. The second kappa shape index (κ2) is 10.4. The predicted molar refractivity (Wildman–Crippen MR) is 128 cm³/mol. The van der Waals surface area contributed by atoms with Crippen LogP contribution >= 0.6 is 11.3 Å². The van der Waals surface area contributed by atoms with Gasteiger partial charge in [-0.3, -0.25) is 14.5 Å². The summed E-state index contributed by atoms with van der Waals surface area (Å²) in [5, 5.41) is 4.76. The summed E-state index contributed by atoms with van der Waals surface area (Å²) in [6.07, 6.45) is 0.908. The number of hydrogen-bond donors (Lipinski definition) is 1. The lowest BCUT2D eigenvalue weighted by Crippen LogP contribution is -2.35. The molecule has 2 aromatic carbocycles. The molecule has 0 bridgehead atoms. The molecule has 0 atom stereocenters. The summed E-state index contributed by atoms with van der Waals surface area (Å²) in [7, 11) is 1.67. The highest BCUT2D eigenvalue weighted by Crippen LogP contribution is 2.21. The number of rotatable bonds is 6. The first-order valence-electron chi connectivity index (χ1n) is 10.7. The Labute approximate surface area is 192 Å². The monoisotopic (exact) mass is 449 g/mol. The minimum absolute atomic E-state index is 0.0432. The summed E-state index contributed by atoms with van der Waals surface area (Å²) in [6, 6.07) is 19.0. The molecule has 0 spiro atoms. The molecule has 2 heterocycles. The Morgan fingerprint density at radius 3 is 2.53 bits per heavy atom. The molecule has 1 aliphatic heterocycles. The fraction of sp³-hybridized carbons (Fsp3) is 0.280. The van der Waals surface area contributed by atoms with Gasteiger partial charge in [-0.2, -0.15) is 0 Å². The highest BCUT2D eigenvalue weighted by Gasteiger charge is 2.23. The third-order valence-electron chi connectivity index (χ3n) is 5.59. The van der Waals surface area contributed by atoms with Gasteiger partial charge in [-0.15, -0.1) is 11.3 Å². The maximum atomic E-state index is 13.3. The van der Waals surface area contributed by atoms with Crippen molar-refractivity contribution in [2.24, 2.45) is 0 Å². The van der Waals surface area contributed by atoms with E-state index in [4.69, 9.17) is 4.74 Å². The maximum Gasteiger partial charge on any atom is 0.265 e. The molecule has 4 rings (SSSR count). The SMILES string of the molecule is COc1ccc(CN2CCCN(C(=O)c3ccccc3NC(=O)c3cccs3)CC2)cc1. The van der Waals surface area contributed by atoms with Crippen molar-refractivity contribution in [1.82, 2.24) is 9.80 Å². The molecule has 0 aliphatic carbocycles. The third kappa shape index (κ3) is 5.36. The van der Waals surface area contributed by atoms with Crippen molar-refractivity contribution < 1.29 is 14.3 Å². The standard InChI is InChI=1S/C25H27N3O3S/c1-31-20-11-9-19(10-12-20)18-27-13-5-14-28(16-15-27)25(30)21-6-2-3-7-22(21)26-24(29)23-8-4-17-32-23/h2-4,6-12,17H,5,13-16,18H2,1H3,(H,26,29). The summed E-state index contributed by atoms with van der Waals surface area (Å²) in [6.45, 7) is 3.95. The van der Waals surface area contributed by atoms with E-state index in [9.17, 15) is 9.59 Å². The van der Waals surface area contributed by atoms with Gasteiger partial charge in [0, 0.05) is 32.7 Å². The minimum atomic E-state index is -0.193. The zero-order valence-corrected chi connectivity index (χ0v) is 18.9. The number of nitrogens with one attached hydrogen (secondary N) is 1. The van der Waals surface area contributed by atoms with Gasteiger partial charge in [-0.25, -0.2) is 0 Å². The Kier molecular flexibility index (Phi) is 7.19. The normalized spacial score (nSPS) is 14.6. The third-order valence-corrected chi connectivity index (χ3v) is 6.46. The van der Waals surface area contributed by atoms with Crippen molar-refractivity contribution in [2.75, 3.05) is 38.6 Å². The molecule has 1 fully saturated rings. The van der Waals surface area contributed by atoms with E-state index in [0.29, 0.717) is 29.2 Å². The molecule has 1 aliphatic rings. The Morgan fingerprint density at radius 2 is 1.78 bits per heavy atom. The molecule has 1 N–H and O–H groups in total. The van der Waals surface area contributed by atoms with E-state index >= 15 is 0 Å². The molecule has 1 saturated heterocycles. The van der Waals surface area contributed by atoms with Gasteiger partial charge in [0.15, 0.2) is 0 Å². The molecule has 3 aromatic rings. The second-order valence-corrected chi connectivity index (χ2v) is 8.69. The van der Waals surface area contributed by atoms with Crippen LogP contribution in [0.25, 0.3) is 0 Å². The number of benzene rings is 2. The summed E-state index contributed by atoms with van der Waals surface area (Å²) in [4.78, 5) is 30.7. The zero-order chi connectivity index (χ0) is 22.3. The molecule has 166 valence electrons. The maximum absolute atomic E-state index is 13.3. The van der Waals surface area contributed by atoms with Crippen molar-refractivity contribution in [3.05, 3.63) is 82.0 Å². The lowest BCUT2D eigenvalue weighted by atomic mass is 10.1. The van der Waals surface area contributed by atoms with Crippen molar-refractivity contribution >= 4 is 28.8 Å². The number of amides is 2. The topological polar surface area (TPSA) is 61.9 Å². The van der Waals surface area contributed by atoms with Crippen molar-refractivity contribution in [1.29, 1.82) is 0 Å². The fourth-order valence-electron chi connectivity index (χ4n) is 3.86. The van der Waals surface area contributed by atoms with Crippen molar-refractivity contribution in [3.63, 3.8) is 0 Å². The van der Waals surface area contributed by atoms with E-state index in [-0.39, 0.29) is 11.8 Å². The summed E-state index contributed by atoms with van der Waals surface area (Å²) in [5.41, 5.74) is 2.31. The van der Waals surface area contributed by atoms with Crippen LogP contribution in [0.3, 0.4) is 0 Å². The molecule has 2 amide bonds. The molecule has 1 aromatic heterocycles. The molecule has 32 heavy (non-hydrogen) atoms. The highest BCUT2D eigenvalue weighted by atomic mass is 32.1. The summed E-state index contributed by atoms with van der Waals surface area (Å²) < 4.78 is 5.23. The van der Waals surface area contributed by atoms with Gasteiger partial charge in [-0.05, 0) is 47.7 Å². The van der Waals surface area contributed by atoms with Crippen LogP contribution in [0.4, 0.5) is 5.69 Å². The van der Waals surface area contributed by atoms with Crippen LogP contribution in [-0.2, 0) is 6.54 Å². The van der Waals surface area contributed by atoms with Crippen molar-refractivity contribution in [2.45, 2.75) is 13.0 Å². The first kappa shape index (κ1) is 22.0. The summed E-state index contributed by atoms with van der Waals surface area (Å²) in [5.74, 6) is 0.617. The average molecular weight is 450 g/mol. The number of para-hydroxylation sites is 1. The summed E-state index contributed by atoms with van der Waals surface area (Å²) >= 11 is 1.38. The Hall–Kier alpha value is -3.16. The Morgan fingerprint density at radius 1 is 0.969 bits per heavy atom. The number of hydrogen-bond acceptors (Lipinski definition) is 5. The number of carbonyl (C=O) groups excluding carboxylic acids is 2. The lowest BCUT2D eigenvalue weighted by molar-refractivity contribution is 0.0762. The Balaban J connectivity index is 1.40. The average Bonchev–Trinajstić information content (AvgIpc) is 3.27. The molecule has 0 unspecified atom stereocenters. The van der Waals surface area contributed by atoms with Crippen LogP contribution in [0.2, 0.25) is 0 Å². The van der Waals surface area contributed by atoms with Gasteiger partial charge in [0.1, 0.15) is 5.75 Å². The van der Waals surface area contributed by atoms with Gasteiger partial charge >= 0.3 is 0 Å². The van der Waals surface area contributed by atoms with Crippen molar-refractivity contribution in [3.8, 4) is 5.75 Å². The van der Waals surface area contributed by atoms with Gasteiger partial charge in [0.05, 0.1) is 23.2 Å². The lowest BCUT2D eigenvalue weighted by Gasteiger charge is -2.23. The van der Waals surface area contributed by atoms with Crippen LogP contribution in [0.15, 0.2) is 66.0 Å². The number of methoxy groups -OCH3 is 1. The Bertz CT molecular complexity index is 1050. The fourth-order valence-corrected chi connectivity index (χ4v) is 4.48. The first-order chi connectivity index (χ1) is 15.6. The van der Waals surface area contributed by atoms with Gasteiger partial charge < -0.3 is 15.0 Å². The number of nitrogens with zero attached hydrogens (tertiary/aromatic N) is 2. The van der Waals surface area contributed by atoms with Crippen LogP contribution < -0.4 is 10.1 Å². The van der Waals surface area contributed by atoms with Crippen LogP contribution in [0, 0.1) is 0 Å². The van der Waals surface area contributed by atoms with Gasteiger partial charge in [-0.1, -0.05) is 30.3 Å². The van der Waals surface area contributed by atoms with E-state index in [1.807, 2.05) is 40.6 Å². The number of thiophene rings is 1. The van der Waals surface area contributed by atoms with Crippen LogP contribution in [0.1, 0.15) is 32.0 Å². The predicted octanol–water partition coefficient (Wildman–Crippen LogP) is 4.36. The molecule has 7 heteroatoms. The number of carbonyl (C=O) groups is 2. The molecular weight excluding hydrogens is 422 g/mol.